The van der Waals surface area contributed by atoms with Crippen molar-refractivity contribution in [1.29, 1.82) is 0 Å². The van der Waals surface area contributed by atoms with E-state index in [-0.39, 0.29) is 5.56 Å². The summed E-state index contributed by atoms with van der Waals surface area (Å²) >= 11 is -2.75. The van der Waals surface area contributed by atoms with Gasteiger partial charge in [0.05, 0.1) is 0 Å². The number of carbonyl (C=O) groups is 2. The summed E-state index contributed by atoms with van der Waals surface area (Å²) < 4.78 is 23.4. The van der Waals surface area contributed by atoms with Crippen LogP contribution in [-0.4, -0.2) is 11.9 Å². The average Bonchev–Trinajstić information content (AvgIpc) is 2.44. The Labute approximate surface area is 92.8 Å². The van der Waals surface area contributed by atoms with Crippen molar-refractivity contribution < 1.29 is 20.1 Å². The van der Waals surface area contributed by atoms with E-state index in [0.717, 1.165) is 0 Å². The van der Waals surface area contributed by atoms with Crippen LogP contribution in [0.3, 0.4) is 0 Å². The number of carbonyl (C=O) groups excluding carboxylic acids is 2. The first-order valence-corrected chi connectivity index (χ1v) is 6.84. The Morgan fingerprint density at radius 2 is 2.27 bits per heavy atom. The third-order valence-corrected chi connectivity index (χ3v) is 5.32. The van der Waals surface area contributed by atoms with Crippen LogP contribution in [0.5, 0.6) is 0 Å². The second kappa shape index (κ2) is 3.76. The quantitative estimate of drug-likeness (QED) is 0.742. The van der Waals surface area contributed by atoms with Gasteiger partial charge < -0.3 is 0 Å². The van der Waals surface area contributed by atoms with Gasteiger partial charge in [-0.2, -0.15) is 0 Å². The summed E-state index contributed by atoms with van der Waals surface area (Å²) in [6, 6.07) is 4.19. The van der Waals surface area contributed by atoms with Crippen LogP contribution in [0.25, 0.3) is 0 Å². The van der Waals surface area contributed by atoms with E-state index in [1.54, 1.807) is 6.07 Å². The first-order valence-electron chi connectivity index (χ1n) is 4.00. The molecule has 0 amide bonds. The molecule has 0 saturated heterocycles. The molecule has 0 unspecified atom stereocenters. The third-order valence-electron chi connectivity index (χ3n) is 1.65. The Balaban J connectivity index is 2.42. The van der Waals surface area contributed by atoms with Crippen molar-refractivity contribution >= 4 is 32.6 Å². The second-order valence-corrected chi connectivity index (χ2v) is 6.03. The minimum absolute atomic E-state index is 0.0936. The van der Waals surface area contributed by atoms with Gasteiger partial charge in [-0.3, -0.25) is 0 Å². The summed E-state index contributed by atoms with van der Waals surface area (Å²) in [4.78, 5) is 22.0. The Morgan fingerprint density at radius 1 is 1.53 bits per heavy atom. The second-order valence-electron chi connectivity index (χ2n) is 2.75. The summed E-state index contributed by atoms with van der Waals surface area (Å²) in [5.74, 6) is -1.90. The van der Waals surface area contributed by atoms with E-state index in [2.05, 4.69) is 0 Å². The van der Waals surface area contributed by atoms with Gasteiger partial charge in [0.2, 0.25) is 0 Å². The summed E-state index contributed by atoms with van der Waals surface area (Å²) in [6.45, 7) is 1.22. The van der Waals surface area contributed by atoms with Crippen LogP contribution in [0.4, 0.5) is 4.39 Å². The molecule has 0 radical (unpaired) electrons. The van der Waals surface area contributed by atoms with Gasteiger partial charge in [0.1, 0.15) is 0 Å². The molecule has 0 N–H and O–H groups in total. The molecule has 1 aliphatic heterocycles. The van der Waals surface area contributed by atoms with Gasteiger partial charge >= 0.3 is 92.8 Å². The monoisotopic (exact) mass is 324 g/mol. The first kappa shape index (κ1) is 10.3. The number of hydrogen-bond acceptors (Lipinski definition) is 4. The SMILES string of the molecule is CC(=O)OI1OC(=O)c2c(F)cccc21. The molecule has 80 valence electrons. The zero-order valence-electron chi connectivity index (χ0n) is 7.62. The van der Waals surface area contributed by atoms with Crippen molar-refractivity contribution in [1.82, 2.24) is 0 Å². The van der Waals surface area contributed by atoms with E-state index in [1.807, 2.05) is 0 Å². The maximum atomic E-state index is 13.2. The maximum absolute atomic E-state index is 13.2. The molecule has 6 heteroatoms. The molecule has 0 spiro atoms. The summed E-state index contributed by atoms with van der Waals surface area (Å²) in [7, 11) is 0. The van der Waals surface area contributed by atoms with Crippen LogP contribution in [0, 0.1) is 9.39 Å². The molecule has 1 aromatic carbocycles. The Morgan fingerprint density at radius 3 is 2.93 bits per heavy atom. The van der Waals surface area contributed by atoms with Crippen molar-refractivity contribution in [3.8, 4) is 0 Å². The van der Waals surface area contributed by atoms with Gasteiger partial charge in [-0.15, -0.1) is 0 Å². The van der Waals surface area contributed by atoms with Crippen molar-refractivity contribution in [3.05, 3.63) is 33.1 Å². The number of benzene rings is 1. The predicted molar refractivity (Wildman–Crippen MR) is 56.3 cm³/mol. The Kier molecular flexibility index (Phi) is 2.59. The predicted octanol–water partition coefficient (Wildman–Crippen LogP) is 2.07. The zero-order valence-corrected chi connectivity index (χ0v) is 9.78. The van der Waals surface area contributed by atoms with E-state index in [9.17, 15) is 14.0 Å². The molecule has 0 atom stereocenters. The molecule has 1 aliphatic rings. The number of hydrogen-bond donors (Lipinski definition) is 0. The Bertz CT molecular complexity index is 446. The van der Waals surface area contributed by atoms with Crippen molar-refractivity contribution in [3.63, 3.8) is 0 Å². The summed E-state index contributed by atoms with van der Waals surface area (Å²) in [6.07, 6.45) is 0. The summed E-state index contributed by atoms with van der Waals surface area (Å²) in [5, 5.41) is 0. The van der Waals surface area contributed by atoms with E-state index in [1.165, 1.54) is 19.1 Å². The number of fused-ring (bicyclic) bond motifs is 1. The molecule has 0 aliphatic carbocycles. The Hall–Kier alpha value is -1.18. The molecule has 0 fully saturated rings. The molecule has 0 aromatic heterocycles. The standard InChI is InChI=1S/C9H6FIO4/c1-5(12)14-11-7-4-2-3-6(10)8(7)9(13)15-11/h2-4H,1H3. The van der Waals surface area contributed by atoms with Crippen molar-refractivity contribution in [2.45, 2.75) is 6.92 Å². The van der Waals surface area contributed by atoms with E-state index in [4.69, 9.17) is 6.13 Å². The van der Waals surface area contributed by atoms with Gasteiger partial charge in [-0.1, -0.05) is 0 Å². The molecule has 1 heterocycles. The van der Waals surface area contributed by atoms with Crippen molar-refractivity contribution in [2.24, 2.45) is 0 Å². The van der Waals surface area contributed by atoms with Crippen LogP contribution >= 0.6 is 20.6 Å². The fourth-order valence-corrected chi connectivity index (χ4v) is 4.25. The van der Waals surface area contributed by atoms with Gasteiger partial charge in [-0.05, 0) is 0 Å². The molecule has 1 aromatic rings. The summed E-state index contributed by atoms with van der Waals surface area (Å²) in [5.41, 5.74) is -0.0936. The topological polar surface area (TPSA) is 52.6 Å². The van der Waals surface area contributed by atoms with Gasteiger partial charge in [-0.25, -0.2) is 0 Å². The minimum atomic E-state index is -2.75. The molecule has 0 bridgehead atoms. The van der Waals surface area contributed by atoms with Crippen molar-refractivity contribution in [2.75, 3.05) is 0 Å². The van der Waals surface area contributed by atoms with Crippen LogP contribution in [0.2, 0.25) is 0 Å². The van der Waals surface area contributed by atoms with Crippen LogP contribution < -0.4 is 0 Å². The number of rotatable bonds is 1. The average molecular weight is 324 g/mol. The first-order chi connectivity index (χ1) is 7.09. The van der Waals surface area contributed by atoms with Crippen LogP contribution in [0.1, 0.15) is 17.3 Å². The van der Waals surface area contributed by atoms with Crippen LogP contribution in [0.15, 0.2) is 18.2 Å². The molecular weight excluding hydrogens is 318 g/mol. The van der Waals surface area contributed by atoms with Gasteiger partial charge in [0, 0.05) is 0 Å². The molecule has 0 saturated carbocycles. The molecule has 15 heavy (non-hydrogen) atoms. The molecular formula is C9H6FIO4. The molecule has 2 rings (SSSR count). The van der Waals surface area contributed by atoms with Crippen LogP contribution in [-0.2, 0) is 10.9 Å². The molecule has 4 nitrogen and oxygen atoms in total. The fraction of sp³-hybridized carbons (Fsp3) is 0.111. The van der Waals surface area contributed by atoms with Gasteiger partial charge in [0.15, 0.2) is 0 Å². The normalized spacial score (nSPS) is 15.9. The third kappa shape index (κ3) is 1.81. The zero-order chi connectivity index (χ0) is 11.0. The number of halogens is 2. The fourth-order valence-electron chi connectivity index (χ4n) is 1.12. The van der Waals surface area contributed by atoms with Gasteiger partial charge in [0.25, 0.3) is 0 Å². The van der Waals surface area contributed by atoms with E-state index < -0.39 is 38.4 Å². The van der Waals surface area contributed by atoms with E-state index in [0.29, 0.717) is 3.57 Å². The van der Waals surface area contributed by atoms with E-state index >= 15 is 0 Å².